The summed E-state index contributed by atoms with van der Waals surface area (Å²) in [5, 5.41) is 0. The molecule has 0 aromatic heterocycles. The average Bonchev–Trinajstić information content (AvgIpc) is 2.10. The topological polar surface area (TPSA) is 86.7 Å². The smallest absolute Gasteiger partial charge is 0.321 e. The fourth-order valence-electron chi connectivity index (χ4n) is 0.891. The molecule has 0 aliphatic carbocycles. The molecule has 0 bridgehead atoms. The second-order valence-corrected chi connectivity index (χ2v) is 5.34. The normalized spacial score (nSPS) is 10.9. The number of carbonyl (C=O) groups excluding carboxylic acids is 2. The van der Waals surface area contributed by atoms with Crippen molar-refractivity contribution in [2.24, 2.45) is 0 Å². The van der Waals surface area contributed by atoms with E-state index in [0.717, 1.165) is 6.26 Å². The fourth-order valence-corrected chi connectivity index (χ4v) is 1.40. The predicted octanol–water partition coefficient (Wildman–Crippen LogP) is -0.0825. The third kappa shape index (κ3) is 9.45. The van der Waals surface area contributed by atoms with Crippen LogP contribution in [-0.2, 0) is 28.9 Å². The maximum atomic E-state index is 10.9. The molecule has 0 aromatic rings. The summed E-state index contributed by atoms with van der Waals surface area (Å²) in [6.07, 6.45) is 1.43. The molecule has 6 nitrogen and oxygen atoms in total. The van der Waals surface area contributed by atoms with E-state index in [9.17, 15) is 18.0 Å². The third-order valence-electron chi connectivity index (χ3n) is 1.47. The second kappa shape index (κ2) is 7.21. The van der Waals surface area contributed by atoms with E-state index in [2.05, 4.69) is 9.47 Å². The Bertz CT molecular complexity index is 332. The van der Waals surface area contributed by atoms with Crippen LogP contribution >= 0.6 is 0 Å². The van der Waals surface area contributed by atoms with Crippen LogP contribution in [0.3, 0.4) is 0 Å². The quantitative estimate of drug-likeness (QED) is 0.465. The minimum absolute atomic E-state index is 0.0210. The van der Waals surface area contributed by atoms with Gasteiger partial charge in [-0.1, -0.05) is 0 Å². The molecule has 0 fully saturated rings. The summed E-state index contributed by atoms with van der Waals surface area (Å²) >= 11 is 0. The van der Waals surface area contributed by atoms with E-state index in [1.807, 2.05) is 0 Å². The Morgan fingerprint density at radius 3 is 2.25 bits per heavy atom. The molecule has 16 heavy (non-hydrogen) atoms. The monoisotopic (exact) mass is 252 g/mol. The van der Waals surface area contributed by atoms with Gasteiger partial charge in [-0.2, -0.15) is 0 Å². The summed E-state index contributed by atoms with van der Waals surface area (Å²) in [6.45, 7) is 2.03. The third-order valence-corrected chi connectivity index (χ3v) is 2.23. The molecular formula is C9H16O6S. The predicted molar refractivity (Wildman–Crippen MR) is 56.5 cm³/mol. The molecule has 0 rings (SSSR count). The number of carbonyl (C=O) groups is 2. The molecule has 0 N–H and O–H groups in total. The highest BCUT2D eigenvalue weighted by molar-refractivity contribution is 7.91. The van der Waals surface area contributed by atoms with Crippen LogP contribution in [0.4, 0.5) is 0 Å². The second-order valence-electron chi connectivity index (χ2n) is 3.20. The number of sulfone groups is 1. The van der Waals surface area contributed by atoms with Gasteiger partial charge in [0.25, 0.3) is 0 Å². The van der Waals surface area contributed by atoms with Crippen LogP contribution in [0.25, 0.3) is 0 Å². The van der Waals surface area contributed by atoms with E-state index >= 15 is 0 Å². The van der Waals surface area contributed by atoms with Crippen molar-refractivity contribution in [3.05, 3.63) is 0 Å². The van der Waals surface area contributed by atoms with Crippen LogP contribution in [0.1, 0.15) is 19.8 Å². The molecule has 0 radical (unpaired) electrons. The summed E-state index contributed by atoms with van der Waals surface area (Å²) in [5.74, 6) is -1.79. The Morgan fingerprint density at radius 1 is 1.12 bits per heavy atom. The molecule has 7 heteroatoms. The number of hydrogen-bond donors (Lipinski definition) is 0. The van der Waals surface area contributed by atoms with E-state index in [-0.39, 0.29) is 19.0 Å². The van der Waals surface area contributed by atoms with Gasteiger partial charge in [-0.15, -0.1) is 0 Å². The summed E-state index contributed by atoms with van der Waals surface area (Å²) in [4.78, 5) is 21.8. The molecule has 0 amide bonds. The first-order valence-corrected chi connectivity index (χ1v) is 6.90. The van der Waals surface area contributed by atoms with Gasteiger partial charge >= 0.3 is 11.9 Å². The lowest BCUT2D eigenvalue weighted by molar-refractivity contribution is -0.146. The maximum Gasteiger partial charge on any atom is 0.321 e. The SMILES string of the molecule is CCOC(=O)CCCOC(=O)CS(C)(=O)=O. The largest absolute Gasteiger partial charge is 0.466 e. The van der Waals surface area contributed by atoms with Gasteiger partial charge in [0.15, 0.2) is 9.84 Å². The average molecular weight is 252 g/mol. The van der Waals surface area contributed by atoms with E-state index in [1.165, 1.54) is 0 Å². The van der Waals surface area contributed by atoms with Crippen LogP contribution in [0, 0.1) is 0 Å². The van der Waals surface area contributed by atoms with Gasteiger partial charge in [-0.3, -0.25) is 9.59 Å². The van der Waals surface area contributed by atoms with E-state index in [0.29, 0.717) is 13.0 Å². The zero-order valence-electron chi connectivity index (χ0n) is 9.39. The summed E-state index contributed by atoms with van der Waals surface area (Å²) < 4.78 is 30.7. The Morgan fingerprint density at radius 2 is 1.75 bits per heavy atom. The van der Waals surface area contributed by atoms with Gasteiger partial charge in [-0.05, 0) is 13.3 Å². The minimum atomic E-state index is -3.35. The lowest BCUT2D eigenvalue weighted by atomic mass is 10.3. The van der Waals surface area contributed by atoms with Crippen molar-refractivity contribution in [1.29, 1.82) is 0 Å². The molecule has 0 aliphatic heterocycles. The van der Waals surface area contributed by atoms with Crippen molar-refractivity contribution >= 4 is 21.8 Å². The van der Waals surface area contributed by atoms with Gasteiger partial charge in [0.1, 0.15) is 5.75 Å². The van der Waals surface area contributed by atoms with Gasteiger partial charge < -0.3 is 9.47 Å². The zero-order valence-corrected chi connectivity index (χ0v) is 10.2. The fraction of sp³-hybridized carbons (Fsp3) is 0.778. The number of rotatable bonds is 7. The highest BCUT2D eigenvalue weighted by Gasteiger charge is 2.12. The number of hydrogen-bond acceptors (Lipinski definition) is 6. The number of ether oxygens (including phenoxy) is 2. The molecule has 0 unspecified atom stereocenters. The van der Waals surface area contributed by atoms with Crippen molar-refractivity contribution in [2.45, 2.75) is 19.8 Å². The zero-order chi connectivity index (χ0) is 12.6. The molecular weight excluding hydrogens is 236 g/mol. The lowest BCUT2D eigenvalue weighted by Crippen LogP contribution is -2.18. The maximum absolute atomic E-state index is 10.9. The highest BCUT2D eigenvalue weighted by Crippen LogP contribution is 1.95. The first-order chi connectivity index (χ1) is 7.35. The van der Waals surface area contributed by atoms with Gasteiger partial charge in [0.05, 0.1) is 13.2 Å². The summed E-state index contributed by atoms with van der Waals surface area (Å²) in [7, 11) is -3.35. The van der Waals surface area contributed by atoms with E-state index < -0.39 is 21.6 Å². The first kappa shape index (κ1) is 14.9. The van der Waals surface area contributed by atoms with Gasteiger partial charge in [-0.25, -0.2) is 8.42 Å². The van der Waals surface area contributed by atoms with Gasteiger partial charge in [0.2, 0.25) is 0 Å². The summed E-state index contributed by atoms with van der Waals surface area (Å²) in [5.41, 5.74) is 0. The van der Waals surface area contributed by atoms with Crippen molar-refractivity contribution in [3.8, 4) is 0 Å². The standard InChI is InChI=1S/C9H16O6S/c1-3-14-8(10)5-4-6-15-9(11)7-16(2,12)13/h3-7H2,1-2H3. The van der Waals surface area contributed by atoms with E-state index in [1.54, 1.807) is 6.92 Å². The van der Waals surface area contributed by atoms with Crippen molar-refractivity contribution in [1.82, 2.24) is 0 Å². The van der Waals surface area contributed by atoms with Crippen molar-refractivity contribution in [2.75, 3.05) is 25.2 Å². The molecule has 0 atom stereocenters. The Labute approximate surface area is 94.8 Å². The van der Waals surface area contributed by atoms with E-state index in [4.69, 9.17) is 0 Å². The van der Waals surface area contributed by atoms with Crippen LogP contribution in [0.15, 0.2) is 0 Å². The lowest BCUT2D eigenvalue weighted by Gasteiger charge is -2.03. The van der Waals surface area contributed by atoms with Crippen molar-refractivity contribution < 1.29 is 27.5 Å². The Kier molecular flexibility index (Phi) is 6.71. The van der Waals surface area contributed by atoms with Crippen LogP contribution in [0.5, 0.6) is 0 Å². The Hall–Kier alpha value is -1.11. The van der Waals surface area contributed by atoms with Gasteiger partial charge in [0, 0.05) is 12.7 Å². The van der Waals surface area contributed by atoms with Crippen LogP contribution < -0.4 is 0 Å². The molecule has 0 spiro atoms. The number of esters is 2. The van der Waals surface area contributed by atoms with Crippen molar-refractivity contribution in [3.63, 3.8) is 0 Å². The molecule has 0 aliphatic rings. The molecule has 0 aromatic carbocycles. The van der Waals surface area contributed by atoms with Crippen LogP contribution in [-0.4, -0.2) is 45.6 Å². The van der Waals surface area contributed by atoms with Crippen LogP contribution in [0.2, 0.25) is 0 Å². The molecule has 0 saturated carbocycles. The molecule has 0 heterocycles. The molecule has 94 valence electrons. The minimum Gasteiger partial charge on any atom is -0.466 e. The summed E-state index contributed by atoms with van der Waals surface area (Å²) in [6, 6.07) is 0. The molecule has 0 saturated heterocycles. The highest BCUT2D eigenvalue weighted by atomic mass is 32.2. The first-order valence-electron chi connectivity index (χ1n) is 4.84. The Balaban J connectivity index is 3.60.